The van der Waals surface area contributed by atoms with E-state index in [0.29, 0.717) is 0 Å². The van der Waals surface area contributed by atoms with Crippen molar-refractivity contribution < 1.29 is 32.2 Å². The van der Waals surface area contributed by atoms with E-state index in [-0.39, 0.29) is 24.1 Å². The number of hydrogen-bond acceptors (Lipinski definition) is 4. The van der Waals surface area contributed by atoms with Crippen LogP contribution in [0.4, 0.5) is 18.9 Å². The number of hydrogen-bond donors (Lipinski definition) is 1. The van der Waals surface area contributed by atoms with Gasteiger partial charge in [-0.15, -0.1) is 13.2 Å². The van der Waals surface area contributed by atoms with Crippen LogP contribution in [0.25, 0.3) is 0 Å². The van der Waals surface area contributed by atoms with Gasteiger partial charge in [-0.1, -0.05) is 6.07 Å². The van der Waals surface area contributed by atoms with Gasteiger partial charge in [-0.25, -0.2) is 0 Å². The molecule has 0 heterocycles. The van der Waals surface area contributed by atoms with Gasteiger partial charge in [0.25, 0.3) is 0 Å². The largest absolute Gasteiger partial charge is 0.573 e. The van der Waals surface area contributed by atoms with E-state index in [9.17, 15) is 22.8 Å². The number of nitrogens with one attached hydrogen (secondary N) is 1. The highest BCUT2D eigenvalue weighted by molar-refractivity contribution is 5.90. The van der Waals surface area contributed by atoms with Gasteiger partial charge >= 0.3 is 12.3 Å². The van der Waals surface area contributed by atoms with Crippen LogP contribution in [0.1, 0.15) is 18.9 Å². The number of carbonyl (C=O) groups is 2. The molecule has 0 saturated heterocycles. The van der Waals surface area contributed by atoms with Crippen molar-refractivity contribution in [3.05, 3.63) is 23.8 Å². The molecule has 0 aromatic heterocycles. The molecule has 1 rings (SSSR count). The maximum Gasteiger partial charge on any atom is 0.573 e. The number of esters is 1. The predicted molar refractivity (Wildman–Crippen MR) is 67.8 cm³/mol. The molecule has 1 aromatic rings. The van der Waals surface area contributed by atoms with Gasteiger partial charge in [-0.05, 0) is 18.6 Å². The molecule has 0 aliphatic carbocycles. The molecule has 1 amide bonds. The van der Waals surface area contributed by atoms with Gasteiger partial charge in [-0.3, -0.25) is 9.59 Å². The summed E-state index contributed by atoms with van der Waals surface area (Å²) in [5.74, 6) is -1.48. The van der Waals surface area contributed by atoms with Gasteiger partial charge in [0, 0.05) is 24.6 Å². The summed E-state index contributed by atoms with van der Waals surface area (Å²) in [5.41, 5.74) is 0.239. The Balaban J connectivity index is 3.10. The Labute approximate surface area is 119 Å². The first-order chi connectivity index (χ1) is 9.73. The number of ether oxygens (including phenoxy) is 2. The molecule has 5 nitrogen and oxygen atoms in total. The van der Waals surface area contributed by atoms with Crippen LogP contribution in [0.5, 0.6) is 5.75 Å². The third-order valence-corrected chi connectivity index (χ3v) is 2.48. The number of anilines is 1. The van der Waals surface area contributed by atoms with Gasteiger partial charge in [-0.2, -0.15) is 0 Å². The first-order valence-electron chi connectivity index (χ1n) is 5.95. The van der Waals surface area contributed by atoms with E-state index < -0.39 is 24.0 Å². The zero-order valence-electron chi connectivity index (χ0n) is 11.4. The summed E-state index contributed by atoms with van der Waals surface area (Å²) in [6, 6.07) is 3.86. The van der Waals surface area contributed by atoms with Crippen LogP contribution < -0.4 is 10.1 Å². The predicted octanol–water partition coefficient (Wildman–Crippen LogP) is 2.65. The summed E-state index contributed by atoms with van der Waals surface area (Å²) in [6.45, 7) is 1.22. The Morgan fingerprint density at radius 1 is 1.29 bits per heavy atom. The summed E-state index contributed by atoms with van der Waals surface area (Å²) >= 11 is 0. The van der Waals surface area contributed by atoms with Gasteiger partial charge in [0.1, 0.15) is 5.75 Å². The molecule has 21 heavy (non-hydrogen) atoms. The van der Waals surface area contributed by atoms with Crippen LogP contribution in [-0.2, 0) is 20.7 Å². The fourth-order valence-electron chi connectivity index (χ4n) is 1.68. The van der Waals surface area contributed by atoms with Crippen molar-refractivity contribution in [1.82, 2.24) is 0 Å². The minimum absolute atomic E-state index is 0.0610. The average Bonchev–Trinajstić information content (AvgIpc) is 2.35. The number of carbonyl (C=O) groups excluding carboxylic acids is 2. The van der Waals surface area contributed by atoms with Crippen molar-refractivity contribution in [2.24, 2.45) is 0 Å². The number of methoxy groups -OCH3 is 1. The molecule has 0 unspecified atom stereocenters. The monoisotopic (exact) mass is 305 g/mol. The second-order valence-electron chi connectivity index (χ2n) is 4.09. The second kappa shape index (κ2) is 6.96. The molecule has 0 radical (unpaired) electrons. The van der Waals surface area contributed by atoms with Crippen molar-refractivity contribution in [3.8, 4) is 5.75 Å². The highest BCUT2D eigenvalue weighted by atomic mass is 19.4. The lowest BCUT2D eigenvalue weighted by molar-refractivity contribution is -0.274. The molecule has 116 valence electrons. The van der Waals surface area contributed by atoms with E-state index in [0.717, 1.165) is 6.07 Å². The lowest BCUT2D eigenvalue weighted by atomic mass is 10.1. The van der Waals surface area contributed by atoms with Crippen molar-refractivity contribution in [2.45, 2.75) is 26.1 Å². The molecule has 8 heteroatoms. The van der Waals surface area contributed by atoms with E-state index >= 15 is 0 Å². The van der Waals surface area contributed by atoms with E-state index in [2.05, 4.69) is 14.8 Å². The summed E-state index contributed by atoms with van der Waals surface area (Å²) < 4.78 is 45.5. The van der Waals surface area contributed by atoms with E-state index in [1.54, 1.807) is 0 Å². The normalized spacial score (nSPS) is 10.9. The van der Waals surface area contributed by atoms with Gasteiger partial charge in [0.05, 0.1) is 7.11 Å². The average molecular weight is 305 g/mol. The van der Waals surface area contributed by atoms with Gasteiger partial charge < -0.3 is 14.8 Å². The van der Waals surface area contributed by atoms with Gasteiger partial charge in [0.2, 0.25) is 5.91 Å². The molecule has 0 saturated carbocycles. The summed E-state index contributed by atoms with van der Waals surface area (Å²) in [4.78, 5) is 22.2. The number of alkyl halides is 3. The number of benzene rings is 1. The number of amides is 1. The molecular weight excluding hydrogens is 291 g/mol. The van der Waals surface area contributed by atoms with Crippen molar-refractivity contribution >= 4 is 17.6 Å². The lowest BCUT2D eigenvalue weighted by Gasteiger charge is -2.16. The maximum atomic E-state index is 12.4. The molecule has 1 N–H and O–H groups in total. The molecular formula is C13H14F3NO4. The fraction of sp³-hybridized carbons (Fsp3) is 0.385. The molecule has 0 atom stereocenters. The standard InChI is InChI=1S/C13H14F3NO4/c1-8(18)17-10-4-3-5-11(21-13(14,15)16)9(10)6-7-12(19)20-2/h3-5H,6-7H2,1-2H3,(H,17,18). The molecule has 0 fully saturated rings. The first kappa shape index (κ1) is 16.8. The lowest BCUT2D eigenvalue weighted by Crippen LogP contribution is -2.19. The third-order valence-electron chi connectivity index (χ3n) is 2.48. The summed E-state index contributed by atoms with van der Waals surface area (Å²) in [7, 11) is 1.18. The Bertz CT molecular complexity index is 529. The third kappa shape index (κ3) is 5.72. The Morgan fingerprint density at radius 3 is 2.48 bits per heavy atom. The number of rotatable bonds is 5. The molecule has 1 aromatic carbocycles. The van der Waals surface area contributed by atoms with Crippen LogP contribution in [-0.4, -0.2) is 25.3 Å². The second-order valence-corrected chi connectivity index (χ2v) is 4.09. The SMILES string of the molecule is COC(=O)CCc1c(NC(C)=O)cccc1OC(F)(F)F. The van der Waals surface area contributed by atoms with Crippen LogP contribution in [0.2, 0.25) is 0 Å². The quantitative estimate of drug-likeness (QED) is 0.849. The summed E-state index contributed by atoms with van der Waals surface area (Å²) in [5, 5.41) is 2.40. The maximum absolute atomic E-state index is 12.4. The Hall–Kier alpha value is -2.25. The fourth-order valence-corrected chi connectivity index (χ4v) is 1.68. The molecule has 0 bridgehead atoms. The zero-order valence-corrected chi connectivity index (χ0v) is 11.4. The smallest absolute Gasteiger partial charge is 0.469 e. The minimum atomic E-state index is -4.87. The topological polar surface area (TPSA) is 64.6 Å². The van der Waals surface area contributed by atoms with Gasteiger partial charge in [0.15, 0.2) is 0 Å². The van der Waals surface area contributed by atoms with Crippen molar-refractivity contribution in [2.75, 3.05) is 12.4 Å². The van der Waals surface area contributed by atoms with E-state index in [4.69, 9.17) is 0 Å². The Kier molecular flexibility index (Phi) is 5.57. The molecule has 0 spiro atoms. The minimum Gasteiger partial charge on any atom is -0.469 e. The molecule has 0 aliphatic heterocycles. The first-order valence-corrected chi connectivity index (χ1v) is 5.95. The Morgan fingerprint density at radius 2 is 1.95 bits per heavy atom. The van der Waals surface area contributed by atoms with Crippen LogP contribution in [0, 0.1) is 0 Å². The number of halogens is 3. The highest BCUT2D eigenvalue weighted by Crippen LogP contribution is 2.32. The zero-order chi connectivity index (χ0) is 16.0. The van der Waals surface area contributed by atoms with Crippen LogP contribution in [0.3, 0.4) is 0 Å². The van der Waals surface area contributed by atoms with Crippen molar-refractivity contribution in [3.63, 3.8) is 0 Å². The summed E-state index contributed by atoms with van der Waals surface area (Å²) in [6.07, 6.45) is -5.06. The van der Waals surface area contributed by atoms with Crippen molar-refractivity contribution in [1.29, 1.82) is 0 Å². The van der Waals surface area contributed by atoms with E-state index in [1.165, 1.54) is 26.2 Å². The molecule has 0 aliphatic rings. The highest BCUT2D eigenvalue weighted by Gasteiger charge is 2.32. The van der Waals surface area contributed by atoms with Crippen LogP contribution in [0.15, 0.2) is 18.2 Å². The van der Waals surface area contributed by atoms with E-state index in [1.807, 2.05) is 0 Å². The van der Waals surface area contributed by atoms with Crippen LogP contribution >= 0.6 is 0 Å².